The third-order valence-electron chi connectivity index (χ3n) is 6.54. The number of fused-ring (bicyclic) bond motifs is 1. The molecule has 0 atom stereocenters. The van der Waals surface area contributed by atoms with Crippen molar-refractivity contribution in [1.82, 2.24) is 14.9 Å². The molecule has 1 aliphatic rings. The van der Waals surface area contributed by atoms with Crippen molar-refractivity contribution in [2.45, 2.75) is 71.2 Å². The molecule has 1 amide bonds. The Morgan fingerprint density at radius 3 is 2.48 bits per heavy atom. The largest absolute Gasteiger partial charge is 0.352 e. The van der Waals surface area contributed by atoms with Gasteiger partial charge in [0.2, 0.25) is 5.91 Å². The average molecular weight is 420 g/mol. The Balaban J connectivity index is 1.68. The molecule has 7 heteroatoms. The molecule has 3 rings (SSSR count). The van der Waals surface area contributed by atoms with Crippen molar-refractivity contribution < 1.29 is 13.2 Å². The minimum absolute atomic E-state index is 0.0823. The van der Waals surface area contributed by atoms with E-state index in [9.17, 15) is 13.2 Å². The number of amides is 1. The number of hydrogen-bond acceptors (Lipinski definition) is 4. The fourth-order valence-corrected chi connectivity index (χ4v) is 5.06. The highest BCUT2D eigenvalue weighted by atomic mass is 32.2. The van der Waals surface area contributed by atoms with Gasteiger partial charge < -0.3 is 9.88 Å². The van der Waals surface area contributed by atoms with Crippen LogP contribution in [0.25, 0.3) is 11.0 Å². The molecule has 0 aliphatic heterocycles. The summed E-state index contributed by atoms with van der Waals surface area (Å²) >= 11 is 0. The van der Waals surface area contributed by atoms with Crippen LogP contribution in [0.2, 0.25) is 0 Å². The van der Waals surface area contributed by atoms with Crippen molar-refractivity contribution >= 4 is 26.8 Å². The topological polar surface area (TPSA) is 81.1 Å². The van der Waals surface area contributed by atoms with E-state index < -0.39 is 9.84 Å². The lowest BCUT2D eigenvalue weighted by Gasteiger charge is -2.39. The second kappa shape index (κ2) is 8.46. The zero-order valence-corrected chi connectivity index (χ0v) is 18.8. The molecule has 29 heavy (non-hydrogen) atoms. The van der Waals surface area contributed by atoms with Gasteiger partial charge in [-0.2, -0.15) is 0 Å². The molecule has 1 N–H and O–H groups in total. The van der Waals surface area contributed by atoms with Crippen molar-refractivity contribution in [2.24, 2.45) is 11.3 Å². The molecule has 1 aromatic carbocycles. The third-order valence-corrected chi connectivity index (χ3v) is 7.32. The number of carbonyl (C=O) groups is 1. The fraction of sp³-hybridized carbons (Fsp3) is 0.636. The first kappa shape index (κ1) is 21.8. The van der Waals surface area contributed by atoms with Crippen LogP contribution in [0.1, 0.15) is 58.7 Å². The minimum Gasteiger partial charge on any atom is -0.352 e. The van der Waals surface area contributed by atoms with Gasteiger partial charge in [-0.3, -0.25) is 4.79 Å². The highest BCUT2D eigenvalue weighted by Crippen LogP contribution is 2.40. The summed E-state index contributed by atoms with van der Waals surface area (Å²) in [4.78, 5) is 17.2. The summed E-state index contributed by atoms with van der Waals surface area (Å²) < 4.78 is 25.4. The van der Waals surface area contributed by atoms with E-state index in [1.807, 2.05) is 24.3 Å². The summed E-state index contributed by atoms with van der Waals surface area (Å²) in [6.45, 7) is 7.01. The molecular weight excluding hydrogens is 386 g/mol. The minimum atomic E-state index is -3.25. The van der Waals surface area contributed by atoms with Gasteiger partial charge >= 0.3 is 0 Å². The number of para-hydroxylation sites is 2. The Morgan fingerprint density at radius 1 is 1.21 bits per heavy atom. The maximum absolute atomic E-state index is 12.8. The Hall–Kier alpha value is -1.89. The van der Waals surface area contributed by atoms with E-state index in [4.69, 9.17) is 0 Å². The molecule has 160 valence electrons. The summed E-state index contributed by atoms with van der Waals surface area (Å²) in [5, 5.41) is 3.16. The molecule has 1 heterocycles. The second-order valence-electron chi connectivity index (χ2n) is 9.13. The molecule has 0 unspecified atom stereocenters. The normalized spacial score (nSPS) is 20.7. The van der Waals surface area contributed by atoms with Crippen LogP contribution in [0.3, 0.4) is 0 Å². The number of carbonyl (C=O) groups excluding carboxylic acids is 1. The maximum Gasteiger partial charge on any atom is 0.240 e. The molecule has 6 nitrogen and oxygen atoms in total. The van der Waals surface area contributed by atoms with Crippen molar-refractivity contribution in [2.75, 3.05) is 6.26 Å². The Morgan fingerprint density at radius 2 is 1.86 bits per heavy atom. The van der Waals surface area contributed by atoms with E-state index in [-0.39, 0.29) is 24.2 Å². The van der Waals surface area contributed by atoms with Gasteiger partial charge in [0, 0.05) is 12.3 Å². The van der Waals surface area contributed by atoms with E-state index in [1.165, 1.54) is 12.7 Å². The van der Waals surface area contributed by atoms with E-state index in [2.05, 4.69) is 31.1 Å². The van der Waals surface area contributed by atoms with Gasteiger partial charge in [0.25, 0.3) is 0 Å². The summed E-state index contributed by atoms with van der Waals surface area (Å²) in [6.07, 6.45) is 6.64. The molecule has 2 aromatic rings. The Bertz CT molecular complexity index is 970. The van der Waals surface area contributed by atoms with E-state index in [1.54, 1.807) is 4.57 Å². The number of sulfone groups is 1. The Labute approximate surface area is 174 Å². The van der Waals surface area contributed by atoms with Gasteiger partial charge in [0.05, 0.1) is 11.0 Å². The highest BCUT2D eigenvalue weighted by molar-refractivity contribution is 7.89. The fourth-order valence-electron chi connectivity index (χ4n) is 4.37. The summed E-state index contributed by atoms with van der Waals surface area (Å²) in [7, 11) is -3.25. The molecule has 1 aliphatic carbocycles. The SMILES string of the molecule is CCC(C)(C)C1CCC(NC(=O)Cn2c(CS(C)(=O)=O)nc3ccccc32)CC1. The molecule has 0 saturated heterocycles. The van der Waals surface area contributed by atoms with Crippen LogP contribution in [-0.4, -0.2) is 36.2 Å². The monoisotopic (exact) mass is 419 g/mol. The highest BCUT2D eigenvalue weighted by Gasteiger charge is 2.32. The molecule has 0 spiro atoms. The molecule has 0 bridgehead atoms. The van der Waals surface area contributed by atoms with Crippen LogP contribution in [0.4, 0.5) is 0 Å². The van der Waals surface area contributed by atoms with Crippen LogP contribution >= 0.6 is 0 Å². The van der Waals surface area contributed by atoms with E-state index in [0.717, 1.165) is 31.2 Å². The van der Waals surface area contributed by atoms with Gasteiger partial charge in [0.15, 0.2) is 9.84 Å². The van der Waals surface area contributed by atoms with Crippen LogP contribution in [0.15, 0.2) is 24.3 Å². The molecular formula is C22H33N3O3S. The number of imidazole rings is 1. The lowest BCUT2D eigenvalue weighted by molar-refractivity contribution is -0.122. The van der Waals surface area contributed by atoms with Crippen LogP contribution < -0.4 is 5.32 Å². The lowest BCUT2D eigenvalue weighted by Crippen LogP contribution is -2.41. The van der Waals surface area contributed by atoms with Gasteiger partial charge in [-0.15, -0.1) is 0 Å². The summed E-state index contributed by atoms with van der Waals surface area (Å²) in [5.41, 5.74) is 1.85. The predicted molar refractivity (Wildman–Crippen MR) is 116 cm³/mol. The number of benzene rings is 1. The average Bonchev–Trinajstić information content (AvgIpc) is 2.97. The number of rotatable bonds is 7. The van der Waals surface area contributed by atoms with Gasteiger partial charge in [0.1, 0.15) is 18.1 Å². The van der Waals surface area contributed by atoms with Crippen molar-refractivity contribution in [1.29, 1.82) is 0 Å². The first-order valence-corrected chi connectivity index (χ1v) is 12.6. The second-order valence-corrected chi connectivity index (χ2v) is 11.3. The van der Waals surface area contributed by atoms with Crippen LogP contribution in [-0.2, 0) is 26.9 Å². The Kier molecular flexibility index (Phi) is 6.36. The van der Waals surface area contributed by atoms with E-state index in [0.29, 0.717) is 22.7 Å². The lowest BCUT2D eigenvalue weighted by atomic mass is 9.69. The first-order chi connectivity index (χ1) is 13.6. The molecule has 1 aromatic heterocycles. The zero-order valence-electron chi connectivity index (χ0n) is 17.9. The first-order valence-electron chi connectivity index (χ1n) is 10.5. The number of aromatic nitrogens is 2. The van der Waals surface area contributed by atoms with Gasteiger partial charge in [-0.25, -0.2) is 13.4 Å². The smallest absolute Gasteiger partial charge is 0.240 e. The molecule has 1 saturated carbocycles. The van der Waals surface area contributed by atoms with Crippen molar-refractivity contribution in [3.05, 3.63) is 30.1 Å². The maximum atomic E-state index is 12.8. The molecule has 0 radical (unpaired) electrons. The van der Waals surface area contributed by atoms with Crippen LogP contribution in [0.5, 0.6) is 0 Å². The number of nitrogens with one attached hydrogen (secondary N) is 1. The van der Waals surface area contributed by atoms with Gasteiger partial charge in [-0.1, -0.05) is 39.3 Å². The molecule has 1 fully saturated rings. The van der Waals surface area contributed by atoms with Gasteiger partial charge in [-0.05, 0) is 49.1 Å². The third kappa shape index (κ3) is 5.38. The zero-order chi connectivity index (χ0) is 21.2. The number of hydrogen-bond donors (Lipinski definition) is 1. The van der Waals surface area contributed by atoms with Crippen LogP contribution in [0, 0.1) is 11.3 Å². The quantitative estimate of drug-likeness (QED) is 0.742. The summed E-state index contributed by atoms with van der Waals surface area (Å²) in [6, 6.07) is 7.64. The standard InChI is InChI=1S/C22H33N3O3S/c1-5-22(2,3)16-10-12-17(13-11-16)23-21(26)14-25-19-9-7-6-8-18(19)24-20(25)15-29(4,27)28/h6-9,16-17H,5,10-15H2,1-4H3,(H,23,26). The van der Waals surface area contributed by atoms with Crippen molar-refractivity contribution in [3.8, 4) is 0 Å². The number of nitrogens with zero attached hydrogens (tertiary/aromatic N) is 2. The predicted octanol–water partition coefficient (Wildman–Crippen LogP) is 3.69. The van der Waals surface area contributed by atoms with E-state index >= 15 is 0 Å². The van der Waals surface area contributed by atoms with Crippen molar-refractivity contribution in [3.63, 3.8) is 0 Å². The summed E-state index contributed by atoms with van der Waals surface area (Å²) in [5.74, 6) is 0.865.